The maximum absolute atomic E-state index is 11.2. The lowest BCUT2D eigenvalue weighted by Gasteiger charge is -2.07. The fourth-order valence-corrected chi connectivity index (χ4v) is 2.82. The Morgan fingerprint density at radius 3 is 2.71 bits per heavy atom. The summed E-state index contributed by atoms with van der Waals surface area (Å²) in [6.45, 7) is 5.90. The zero-order valence-electron chi connectivity index (χ0n) is 15.6. The zero-order chi connectivity index (χ0) is 20.4. The van der Waals surface area contributed by atoms with Gasteiger partial charge in [-0.15, -0.1) is 0 Å². The SMILES string of the molecule is CCOc1cc(/C=C(/C#N)c2nc3cc(C)c(C)cc3[nH]2)cc([N+](=O)[O-])c1O. The molecule has 3 aromatic rings. The first-order valence-electron chi connectivity index (χ1n) is 8.57. The van der Waals surface area contributed by atoms with Gasteiger partial charge in [0.05, 0.1) is 28.1 Å². The number of nitro groups is 1. The van der Waals surface area contributed by atoms with E-state index in [9.17, 15) is 20.5 Å². The number of aromatic hydroxyl groups is 1. The number of allylic oxidation sites excluding steroid dienone is 1. The van der Waals surface area contributed by atoms with Gasteiger partial charge in [0.25, 0.3) is 0 Å². The van der Waals surface area contributed by atoms with Crippen molar-refractivity contribution < 1.29 is 14.8 Å². The van der Waals surface area contributed by atoms with Crippen LogP contribution < -0.4 is 4.74 Å². The number of H-pyrrole nitrogens is 1. The standard InChI is InChI=1S/C20H18N4O4/c1-4-28-18-9-13(8-17(19(18)25)24(26)27)7-14(10-21)20-22-15-5-11(2)12(3)6-16(15)23-20/h5-9,25H,4H2,1-3H3,(H,22,23)/b14-7-. The summed E-state index contributed by atoms with van der Waals surface area (Å²) < 4.78 is 5.27. The van der Waals surface area contributed by atoms with Crippen LogP contribution in [0, 0.1) is 35.3 Å². The van der Waals surface area contributed by atoms with Gasteiger partial charge in [0.2, 0.25) is 5.75 Å². The van der Waals surface area contributed by atoms with Gasteiger partial charge in [0.1, 0.15) is 11.9 Å². The summed E-state index contributed by atoms with van der Waals surface area (Å²) in [5, 5.41) is 30.8. The van der Waals surface area contributed by atoms with E-state index in [-0.39, 0.29) is 17.9 Å². The second-order valence-corrected chi connectivity index (χ2v) is 6.29. The van der Waals surface area contributed by atoms with Crippen LogP contribution in [0.1, 0.15) is 29.4 Å². The summed E-state index contributed by atoms with van der Waals surface area (Å²) in [6.07, 6.45) is 1.46. The number of rotatable bonds is 5. The molecular formula is C20H18N4O4. The second kappa shape index (κ2) is 7.40. The molecule has 1 heterocycles. The normalized spacial score (nSPS) is 11.4. The Morgan fingerprint density at radius 2 is 2.07 bits per heavy atom. The van der Waals surface area contributed by atoms with Gasteiger partial charge in [-0.1, -0.05) is 0 Å². The largest absolute Gasteiger partial charge is 0.500 e. The van der Waals surface area contributed by atoms with Crippen molar-refractivity contribution in [3.05, 3.63) is 56.9 Å². The van der Waals surface area contributed by atoms with Gasteiger partial charge in [-0.05, 0) is 61.7 Å². The molecule has 0 atom stereocenters. The first-order valence-corrected chi connectivity index (χ1v) is 8.57. The quantitative estimate of drug-likeness (QED) is 0.388. The number of imidazole rings is 1. The molecular weight excluding hydrogens is 360 g/mol. The van der Waals surface area contributed by atoms with Gasteiger partial charge >= 0.3 is 5.69 Å². The maximum Gasteiger partial charge on any atom is 0.315 e. The van der Waals surface area contributed by atoms with Gasteiger partial charge in [-0.3, -0.25) is 10.1 Å². The number of nitriles is 1. The molecule has 0 saturated carbocycles. The zero-order valence-corrected chi connectivity index (χ0v) is 15.6. The molecule has 0 fully saturated rings. The number of aromatic amines is 1. The Kier molecular flexibility index (Phi) is 5.00. The summed E-state index contributed by atoms with van der Waals surface area (Å²) in [5.74, 6) is -0.204. The molecule has 0 saturated heterocycles. The van der Waals surface area contributed by atoms with E-state index in [0.717, 1.165) is 22.2 Å². The van der Waals surface area contributed by atoms with E-state index < -0.39 is 16.4 Å². The third kappa shape index (κ3) is 3.50. The molecule has 0 unspecified atom stereocenters. The van der Waals surface area contributed by atoms with Crippen molar-refractivity contribution in [2.45, 2.75) is 20.8 Å². The molecule has 142 valence electrons. The van der Waals surface area contributed by atoms with Crippen molar-refractivity contribution in [1.29, 1.82) is 5.26 Å². The maximum atomic E-state index is 11.2. The number of nitro benzene ring substituents is 1. The molecule has 3 rings (SSSR count). The van der Waals surface area contributed by atoms with Crippen molar-refractivity contribution in [3.63, 3.8) is 0 Å². The summed E-state index contributed by atoms with van der Waals surface area (Å²) in [7, 11) is 0. The number of benzene rings is 2. The first kappa shape index (κ1) is 18.9. The minimum atomic E-state index is -0.700. The lowest BCUT2D eigenvalue weighted by atomic mass is 10.1. The number of ether oxygens (including phenoxy) is 1. The fraction of sp³-hybridized carbons (Fsp3) is 0.200. The molecule has 0 radical (unpaired) electrons. The third-order valence-electron chi connectivity index (χ3n) is 4.36. The van der Waals surface area contributed by atoms with Crippen molar-refractivity contribution in [2.75, 3.05) is 6.61 Å². The highest BCUT2D eigenvalue weighted by atomic mass is 16.6. The van der Waals surface area contributed by atoms with Gasteiger partial charge in [-0.2, -0.15) is 5.26 Å². The van der Waals surface area contributed by atoms with E-state index in [2.05, 4.69) is 16.0 Å². The monoisotopic (exact) mass is 378 g/mol. The lowest BCUT2D eigenvalue weighted by Crippen LogP contribution is -1.96. The summed E-state index contributed by atoms with van der Waals surface area (Å²) >= 11 is 0. The van der Waals surface area contributed by atoms with Crippen LogP contribution in [0.4, 0.5) is 5.69 Å². The van der Waals surface area contributed by atoms with Crippen molar-refractivity contribution in [1.82, 2.24) is 9.97 Å². The number of phenolic OH excluding ortho intramolecular Hbond substituents is 1. The van der Waals surface area contributed by atoms with E-state index in [1.165, 1.54) is 18.2 Å². The number of nitrogens with zero attached hydrogens (tertiary/aromatic N) is 3. The Hall–Kier alpha value is -3.86. The second-order valence-electron chi connectivity index (χ2n) is 6.29. The van der Waals surface area contributed by atoms with Gasteiger partial charge in [0, 0.05) is 6.07 Å². The van der Waals surface area contributed by atoms with Gasteiger partial charge in [-0.25, -0.2) is 4.98 Å². The highest BCUT2D eigenvalue weighted by molar-refractivity contribution is 5.91. The Morgan fingerprint density at radius 1 is 1.36 bits per heavy atom. The molecule has 0 amide bonds. The van der Waals surface area contributed by atoms with Crippen molar-refractivity contribution in [3.8, 4) is 17.6 Å². The number of nitrogens with one attached hydrogen (secondary N) is 1. The van der Waals surface area contributed by atoms with E-state index in [1.54, 1.807) is 6.92 Å². The molecule has 0 bridgehead atoms. The number of aryl methyl sites for hydroxylation is 2. The van der Waals surface area contributed by atoms with Crippen LogP contribution in [-0.4, -0.2) is 26.6 Å². The average Bonchev–Trinajstić information content (AvgIpc) is 3.04. The van der Waals surface area contributed by atoms with Crippen LogP contribution in [0.2, 0.25) is 0 Å². The van der Waals surface area contributed by atoms with E-state index >= 15 is 0 Å². The smallest absolute Gasteiger partial charge is 0.315 e. The third-order valence-corrected chi connectivity index (χ3v) is 4.36. The number of fused-ring (bicyclic) bond motifs is 1. The Labute approximate surface area is 160 Å². The molecule has 0 spiro atoms. The molecule has 2 aromatic carbocycles. The van der Waals surface area contributed by atoms with Crippen LogP contribution in [-0.2, 0) is 0 Å². The van der Waals surface area contributed by atoms with Gasteiger partial charge < -0.3 is 14.8 Å². The predicted octanol–water partition coefficient (Wildman–Crippen LogP) is 4.26. The van der Waals surface area contributed by atoms with Crippen LogP contribution in [0.3, 0.4) is 0 Å². The molecule has 8 heteroatoms. The number of phenols is 1. The molecule has 28 heavy (non-hydrogen) atoms. The summed E-state index contributed by atoms with van der Waals surface area (Å²) in [6, 6.07) is 8.58. The van der Waals surface area contributed by atoms with Crippen LogP contribution in [0.5, 0.6) is 11.5 Å². The highest BCUT2D eigenvalue weighted by Gasteiger charge is 2.20. The molecule has 0 aliphatic carbocycles. The Balaban J connectivity index is 2.12. The van der Waals surface area contributed by atoms with Crippen molar-refractivity contribution >= 4 is 28.4 Å². The topological polar surface area (TPSA) is 125 Å². The van der Waals surface area contributed by atoms with Gasteiger partial charge in [0.15, 0.2) is 5.75 Å². The number of hydrogen-bond donors (Lipinski definition) is 2. The Bertz CT molecular complexity index is 1120. The molecule has 2 N–H and O–H groups in total. The number of aromatic nitrogens is 2. The van der Waals surface area contributed by atoms with Crippen LogP contribution in [0.15, 0.2) is 24.3 Å². The molecule has 1 aromatic heterocycles. The number of hydrogen-bond acceptors (Lipinski definition) is 6. The predicted molar refractivity (Wildman–Crippen MR) is 105 cm³/mol. The average molecular weight is 378 g/mol. The van der Waals surface area contributed by atoms with E-state index in [4.69, 9.17) is 4.74 Å². The van der Waals surface area contributed by atoms with E-state index in [1.807, 2.05) is 26.0 Å². The van der Waals surface area contributed by atoms with Crippen molar-refractivity contribution in [2.24, 2.45) is 0 Å². The minimum absolute atomic E-state index is 0.0175. The summed E-state index contributed by atoms with van der Waals surface area (Å²) in [4.78, 5) is 18.1. The molecule has 0 aliphatic heterocycles. The first-order chi connectivity index (χ1) is 13.3. The highest BCUT2D eigenvalue weighted by Crippen LogP contribution is 2.38. The minimum Gasteiger partial charge on any atom is -0.500 e. The summed E-state index contributed by atoms with van der Waals surface area (Å²) in [5.41, 5.74) is 3.76. The molecule has 8 nitrogen and oxygen atoms in total. The lowest BCUT2D eigenvalue weighted by molar-refractivity contribution is -0.386. The molecule has 0 aliphatic rings. The van der Waals surface area contributed by atoms with E-state index in [0.29, 0.717) is 11.4 Å². The fourth-order valence-electron chi connectivity index (χ4n) is 2.82. The van der Waals surface area contributed by atoms with Crippen LogP contribution >= 0.6 is 0 Å². The van der Waals surface area contributed by atoms with Crippen LogP contribution in [0.25, 0.3) is 22.7 Å².